The highest BCUT2D eigenvalue weighted by Crippen LogP contribution is 2.22. The lowest BCUT2D eigenvalue weighted by Gasteiger charge is -2.26. The molecule has 1 aliphatic rings. The minimum absolute atomic E-state index is 0.131. The zero-order valence-electron chi connectivity index (χ0n) is 12.5. The molecule has 1 aliphatic heterocycles. The molecule has 0 saturated carbocycles. The molecule has 1 heterocycles. The standard InChI is InChI=1S/C16H25NO2/c1-12-7-14(3)15(8-13(12)2)9-17-10-16(18-4)5-6-19-11-16/h7-8,17H,5-6,9-11H2,1-4H3. The summed E-state index contributed by atoms with van der Waals surface area (Å²) in [5.74, 6) is 0. The van der Waals surface area contributed by atoms with E-state index < -0.39 is 0 Å². The van der Waals surface area contributed by atoms with E-state index in [2.05, 4.69) is 38.2 Å². The number of aryl methyl sites for hydroxylation is 3. The second-order valence-corrected chi connectivity index (χ2v) is 5.66. The van der Waals surface area contributed by atoms with Gasteiger partial charge >= 0.3 is 0 Å². The fraction of sp³-hybridized carbons (Fsp3) is 0.625. The van der Waals surface area contributed by atoms with Crippen molar-refractivity contribution >= 4 is 0 Å². The zero-order valence-corrected chi connectivity index (χ0v) is 12.5. The molecule has 1 aromatic rings. The molecule has 3 heteroatoms. The van der Waals surface area contributed by atoms with E-state index in [1.165, 1.54) is 22.3 Å². The average Bonchev–Trinajstić information content (AvgIpc) is 2.85. The third kappa shape index (κ3) is 3.35. The van der Waals surface area contributed by atoms with E-state index >= 15 is 0 Å². The van der Waals surface area contributed by atoms with Crippen molar-refractivity contribution in [2.45, 2.75) is 39.3 Å². The van der Waals surface area contributed by atoms with Gasteiger partial charge in [-0.3, -0.25) is 0 Å². The first-order valence-corrected chi connectivity index (χ1v) is 6.97. The van der Waals surface area contributed by atoms with Gasteiger partial charge in [-0.2, -0.15) is 0 Å². The van der Waals surface area contributed by atoms with Gasteiger partial charge in [-0.1, -0.05) is 12.1 Å². The normalized spacial score (nSPS) is 22.9. The van der Waals surface area contributed by atoms with Crippen molar-refractivity contribution in [2.75, 3.05) is 26.9 Å². The van der Waals surface area contributed by atoms with Gasteiger partial charge in [0.25, 0.3) is 0 Å². The van der Waals surface area contributed by atoms with Crippen LogP contribution in [0.1, 0.15) is 28.7 Å². The molecule has 0 aromatic heterocycles. The van der Waals surface area contributed by atoms with Gasteiger partial charge in [0, 0.05) is 33.2 Å². The van der Waals surface area contributed by atoms with Crippen molar-refractivity contribution in [1.82, 2.24) is 5.32 Å². The summed E-state index contributed by atoms with van der Waals surface area (Å²) in [6, 6.07) is 4.54. The molecule has 1 atom stereocenters. The molecule has 0 amide bonds. The van der Waals surface area contributed by atoms with Crippen LogP contribution in [0.25, 0.3) is 0 Å². The number of methoxy groups -OCH3 is 1. The van der Waals surface area contributed by atoms with Gasteiger partial charge in [0.1, 0.15) is 5.60 Å². The molecule has 0 radical (unpaired) electrons. The van der Waals surface area contributed by atoms with Crippen LogP contribution in [-0.2, 0) is 16.0 Å². The summed E-state index contributed by atoms with van der Waals surface area (Å²) in [6.07, 6.45) is 0.975. The average molecular weight is 263 g/mol. The Morgan fingerprint density at radius 1 is 1.21 bits per heavy atom. The van der Waals surface area contributed by atoms with Crippen LogP contribution in [0.2, 0.25) is 0 Å². The Kier molecular flexibility index (Phi) is 4.61. The maximum absolute atomic E-state index is 5.62. The van der Waals surface area contributed by atoms with Crippen molar-refractivity contribution in [3.8, 4) is 0 Å². The Morgan fingerprint density at radius 3 is 2.58 bits per heavy atom. The largest absolute Gasteiger partial charge is 0.378 e. The van der Waals surface area contributed by atoms with Crippen molar-refractivity contribution in [3.63, 3.8) is 0 Å². The first kappa shape index (κ1) is 14.5. The summed E-state index contributed by atoms with van der Waals surface area (Å²) in [4.78, 5) is 0. The highest BCUT2D eigenvalue weighted by atomic mass is 16.5. The third-order valence-corrected chi connectivity index (χ3v) is 4.22. The summed E-state index contributed by atoms with van der Waals surface area (Å²) < 4.78 is 11.1. The Bertz CT molecular complexity index is 437. The molecular weight excluding hydrogens is 238 g/mol. The second-order valence-electron chi connectivity index (χ2n) is 5.66. The zero-order chi connectivity index (χ0) is 13.9. The van der Waals surface area contributed by atoms with Crippen molar-refractivity contribution in [1.29, 1.82) is 0 Å². The quantitative estimate of drug-likeness (QED) is 0.885. The monoisotopic (exact) mass is 263 g/mol. The van der Waals surface area contributed by atoms with Gasteiger partial charge in [-0.25, -0.2) is 0 Å². The van der Waals surface area contributed by atoms with Crippen molar-refractivity contribution in [3.05, 3.63) is 34.4 Å². The van der Waals surface area contributed by atoms with E-state index in [4.69, 9.17) is 9.47 Å². The SMILES string of the molecule is COC1(CNCc2cc(C)c(C)cc2C)CCOC1. The number of hydrogen-bond acceptors (Lipinski definition) is 3. The Labute approximate surface area is 116 Å². The molecule has 0 aliphatic carbocycles. The molecular formula is C16H25NO2. The predicted octanol–water partition coefficient (Wildman–Crippen LogP) is 2.51. The molecule has 1 aromatic carbocycles. The van der Waals surface area contributed by atoms with Crippen molar-refractivity contribution < 1.29 is 9.47 Å². The van der Waals surface area contributed by atoms with Gasteiger partial charge in [-0.05, 0) is 43.0 Å². The summed E-state index contributed by atoms with van der Waals surface area (Å²) in [7, 11) is 1.78. The highest BCUT2D eigenvalue weighted by molar-refractivity contribution is 5.36. The van der Waals surface area contributed by atoms with Crippen molar-refractivity contribution in [2.24, 2.45) is 0 Å². The van der Waals surface area contributed by atoms with Gasteiger partial charge in [0.15, 0.2) is 0 Å². The summed E-state index contributed by atoms with van der Waals surface area (Å²) in [5, 5.41) is 3.52. The van der Waals surface area contributed by atoms with E-state index in [-0.39, 0.29) is 5.60 Å². The minimum atomic E-state index is -0.131. The van der Waals surface area contributed by atoms with E-state index in [9.17, 15) is 0 Å². The maximum atomic E-state index is 5.62. The fourth-order valence-corrected chi connectivity index (χ4v) is 2.60. The van der Waals surface area contributed by atoms with Gasteiger partial charge < -0.3 is 14.8 Å². The molecule has 106 valence electrons. The van der Waals surface area contributed by atoms with Crippen LogP contribution in [-0.4, -0.2) is 32.5 Å². The summed E-state index contributed by atoms with van der Waals surface area (Å²) in [5.41, 5.74) is 5.30. The number of benzene rings is 1. The van der Waals surface area contributed by atoms with E-state index in [1.54, 1.807) is 7.11 Å². The van der Waals surface area contributed by atoms with Crippen LogP contribution in [0, 0.1) is 20.8 Å². The smallest absolute Gasteiger partial charge is 0.106 e. The van der Waals surface area contributed by atoms with E-state index in [0.29, 0.717) is 6.61 Å². The lowest BCUT2D eigenvalue weighted by Crippen LogP contribution is -2.42. The molecule has 1 fully saturated rings. The van der Waals surface area contributed by atoms with Crippen LogP contribution in [0.15, 0.2) is 12.1 Å². The minimum Gasteiger partial charge on any atom is -0.378 e. The fourth-order valence-electron chi connectivity index (χ4n) is 2.60. The first-order chi connectivity index (χ1) is 9.06. The lowest BCUT2D eigenvalue weighted by molar-refractivity contribution is -0.0159. The van der Waals surface area contributed by atoms with Gasteiger partial charge in [0.2, 0.25) is 0 Å². The number of ether oxygens (including phenoxy) is 2. The lowest BCUT2D eigenvalue weighted by atomic mass is 10.00. The number of nitrogens with one attached hydrogen (secondary N) is 1. The van der Waals surface area contributed by atoms with Crippen LogP contribution < -0.4 is 5.32 Å². The molecule has 1 N–H and O–H groups in total. The van der Waals surface area contributed by atoms with Gasteiger partial charge in [0.05, 0.1) is 6.61 Å². The van der Waals surface area contributed by atoms with Crippen LogP contribution in [0.4, 0.5) is 0 Å². The Balaban J connectivity index is 1.94. The van der Waals surface area contributed by atoms with E-state index in [0.717, 1.165) is 26.1 Å². The second kappa shape index (κ2) is 6.04. The topological polar surface area (TPSA) is 30.5 Å². The number of hydrogen-bond donors (Lipinski definition) is 1. The maximum Gasteiger partial charge on any atom is 0.106 e. The summed E-state index contributed by atoms with van der Waals surface area (Å²) >= 11 is 0. The predicted molar refractivity (Wildman–Crippen MR) is 77.5 cm³/mol. The molecule has 19 heavy (non-hydrogen) atoms. The van der Waals surface area contributed by atoms with E-state index in [1.807, 2.05) is 0 Å². The Hall–Kier alpha value is -0.900. The summed E-state index contributed by atoms with van der Waals surface area (Å²) in [6.45, 7) is 9.73. The van der Waals surface area contributed by atoms with Gasteiger partial charge in [-0.15, -0.1) is 0 Å². The molecule has 1 unspecified atom stereocenters. The molecule has 0 spiro atoms. The molecule has 0 bridgehead atoms. The number of rotatable bonds is 5. The van der Waals surface area contributed by atoms with Crippen LogP contribution >= 0.6 is 0 Å². The Morgan fingerprint density at radius 2 is 1.95 bits per heavy atom. The first-order valence-electron chi connectivity index (χ1n) is 6.97. The van der Waals surface area contributed by atoms with Crippen LogP contribution in [0.3, 0.4) is 0 Å². The highest BCUT2D eigenvalue weighted by Gasteiger charge is 2.34. The molecule has 1 saturated heterocycles. The molecule has 3 nitrogen and oxygen atoms in total. The van der Waals surface area contributed by atoms with Crippen LogP contribution in [0.5, 0.6) is 0 Å². The molecule has 2 rings (SSSR count). The third-order valence-electron chi connectivity index (χ3n) is 4.22.